The predicted molar refractivity (Wildman–Crippen MR) is 111 cm³/mol. The average Bonchev–Trinajstić information content (AvgIpc) is 3.13. The maximum atomic E-state index is 12.4. The van der Waals surface area contributed by atoms with Crippen molar-refractivity contribution in [2.24, 2.45) is 0 Å². The fraction of sp³-hybridized carbons (Fsp3) is 0.292. The number of carbonyl (C=O) groups excluding carboxylic acids is 1. The molecule has 0 aromatic heterocycles. The van der Waals surface area contributed by atoms with Crippen LogP contribution >= 0.6 is 0 Å². The molecule has 3 heteroatoms. The summed E-state index contributed by atoms with van der Waals surface area (Å²) in [6.07, 6.45) is 3.27. The number of nitrogens with one attached hydrogen (secondary N) is 1. The van der Waals surface area contributed by atoms with Gasteiger partial charge in [-0.25, -0.2) is 0 Å². The summed E-state index contributed by atoms with van der Waals surface area (Å²) in [5.74, 6) is 1.11. The van der Waals surface area contributed by atoms with Crippen LogP contribution in [0.5, 0.6) is 5.75 Å². The van der Waals surface area contributed by atoms with Crippen LogP contribution in [0.25, 0.3) is 10.8 Å². The van der Waals surface area contributed by atoms with Crippen molar-refractivity contribution in [3.05, 3.63) is 71.3 Å². The Balaban J connectivity index is 1.43. The number of amides is 1. The topological polar surface area (TPSA) is 38.3 Å². The van der Waals surface area contributed by atoms with Crippen LogP contribution in [0, 0.1) is 0 Å². The smallest absolute Gasteiger partial charge is 0.262 e. The van der Waals surface area contributed by atoms with E-state index in [-0.39, 0.29) is 12.5 Å². The molecule has 0 spiro atoms. The zero-order valence-electron chi connectivity index (χ0n) is 15.9. The van der Waals surface area contributed by atoms with Crippen LogP contribution in [0.2, 0.25) is 0 Å². The zero-order chi connectivity index (χ0) is 18.8. The predicted octanol–water partition coefficient (Wildman–Crippen LogP) is 5.47. The first-order valence-electron chi connectivity index (χ1n) is 9.72. The largest absolute Gasteiger partial charge is 0.484 e. The van der Waals surface area contributed by atoms with Crippen molar-refractivity contribution in [2.45, 2.75) is 39.0 Å². The quantitative estimate of drug-likeness (QED) is 0.634. The molecule has 1 amide bonds. The number of ether oxygens (including phenoxy) is 1. The molecular formula is C24H25NO2. The normalized spacial score (nSPS) is 13.6. The number of aryl methyl sites for hydroxylation is 2. The van der Waals surface area contributed by atoms with E-state index in [1.54, 1.807) is 0 Å². The Morgan fingerprint density at radius 1 is 1.04 bits per heavy atom. The van der Waals surface area contributed by atoms with Crippen molar-refractivity contribution >= 4 is 22.4 Å². The lowest BCUT2D eigenvalue weighted by atomic mass is 9.99. The molecule has 4 rings (SSSR count). The van der Waals surface area contributed by atoms with E-state index >= 15 is 0 Å². The van der Waals surface area contributed by atoms with E-state index in [0.717, 1.165) is 36.1 Å². The minimum absolute atomic E-state index is 0.00557. The van der Waals surface area contributed by atoms with Gasteiger partial charge in [-0.3, -0.25) is 4.79 Å². The summed E-state index contributed by atoms with van der Waals surface area (Å²) < 4.78 is 5.67. The highest BCUT2D eigenvalue weighted by Crippen LogP contribution is 2.35. The molecule has 3 aromatic carbocycles. The Kier molecular flexibility index (Phi) is 4.85. The van der Waals surface area contributed by atoms with Gasteiger partial charge in [-0.05, 0) is 65.5 Å². The van der Waals surface area contributed by atoms with E-state index in [0.29, 0.717) is 5.92 Å². The van der Waals surface area contributed by atoms with E-state index in [9.17, 15) is 4.79 Å². The summed E-state index contributed by atoms with van der Waals surface area (Å²) in [4.78, 5) is 12.4. The first-order valence-corrected chi connectivity index (χ1v) is 9.72. The average molecular weight is 359 g/mol. The Labute approximate surface area is 160 Å². The van der Waals surface area contributed by atoms with Gasteiger partial charge < -0.3 is 10.1 Å². The maximum absolute atomic E-state index is 12.4. The molecule has 1 N–H and O–H groups in total. The monoisotopic (exact) mass is 359 g/mol. The van der Waals surface area contributed by atoms with Crippen LogP contribution in [0.4, 0.5) is 5.69 Å². The molecule has 1 atom stereocenters. The van der Waals surface area contributed by atoms with Gasteiger partial charge in [0.15, 0.2) is 6.61 Å². The van der Waals surface area contributed by atoms with Crippen molar-refractivity contribution in [1.29, 1.82) is 0 Å². The van der Waals surface area contributed by atoms with Gasteiger partial charge in [-0.1, -0.05) is 50.2 Å². The molecule has 138 valence electrons. The third-order valence-electron chi connectivity index (χ3n) is 5.58. The van der Waals surface area contributed by atoms with Crippen LogP contribution in [-0.4, -0.2) is 12.5 Å². The second-order valence-electron chi connectivity index (χ2n) is 7.33. The van der Waals surface area contributed by atoms with Crippen molar-refractivity contribution in [1.82, 2.24) is 0 Å². The van der Waals surface area contributed by atoms with Crippen molar-refractivity contribution in [3.63, 3.8) is 0 Å². The Hall–Kier alpha value is -2.81. The highest BCUT2D eigenvalue weighted by atomic mass is 16.5. The molecule has 1 aliphatic carbocycles. The van der Waals surface area contributed by atoms with E-state index < -0.39 is 0 Å². The van der Waals surface area contributed by atoms with Gasteiger partial charge in [0.05, 0.1) is 0 Å². The molecule has 0 bridgehead atoms. The zero-order valence-corrected chi connectivity index (χ0v) is 15.9. The lowest BCUT2D eigenvalue weighted by Gasteiger charge is -2.12. The summed E-state index contributed by atoms with van der Waals surface area (Å²) in [6, 6.07) is 18.5. The SMILES string of the molecule is CC[C@@H](C)c1ccc(OCC(=O)Nc2ccc3c4c(cccc24)CC3)cc1. The van der Waals surface area contributed by atoms with Crippen LogP contribution in [0.15, 0.2) is 54.6 Å². The minimum atomic E-state index is -0.139. The van der Waals surface area contributed by atoms with Crippen LogP contribution < -0.4 is 10.1 Å². The van der Waals surface area contributed by atoms with Gasteiger partial charge in [0.25, 0.3) is 5.91 Å². The molecule has 0 saturated carbocycles. The minimum Gasteiger partial charge on any atom is -0.484 e. The highest BCUT2D eigenvalue weighted by Gasteiger charge is 2.16. The van der Waals surface area contributed by atoms with Crippen LogP contribution in [0.3, 0.4) is 0 Å². The number of hydrogen-bond acceptors (Lipinski definition) is 2. The van der Waals surface area contributed by atoms with Crippen LogP contribution in [0.1, 0.15) is 42.9 Å². The van der Waals surface area contributed by atoms with Crippen LogP contribution in [-0.2, 0) is 17.6 Å². The number of carbonyl (C=O) groups is 1. The van der Waals surface area contributed by atoms with E-state index in [1.165, 1.54) is 22.1 Å². The van der Waals surface area contributed by atoms with Gasteiger partial charge in [0.2, 0.25) is 0 Å². The standard InChI is InChI=1S/C24H25NO2/c1-3-16(2)17-9-12-20(13-10-17)27-15-23(26)25-22-14-11-19-8-7-18-5-4-6-21(22)24(18)19/h4-6,9-14,16H,3,7-8,15H2,1-2H3,(H,25,26)/t16-/m1/s1. The second kappa shape index (κ2) is 7.43. The summed E-state index contributed by atoms with van der Waals surface area (Å²) in [6.45, 7) is 4.40. The van der Waals surface area contributed by atoms with E-state index in [2.05, 4.69) is 55.6 Å². The Bertz CT molecular complexity index is 965. The van der Waals surface area contributed by atoms with E-state index in [4.69, 9.17) is 4.74 Å². The second-order valence-corrected chi connectivity index (χ2v) is 7.33. The first kappa shape index (κ1) is 17.6. The molecule has 1 aliphatic rings. The number of anilines is 1. The van der Waals surface area contributed by atoms with Gasteiger partial charge in [-0.15, -0.1) is 0 Å². The van der Waals surface area contributed by atoms with Gasteiger partial charge in [0, 0.05) is 11.1 Å². The van der Waals surface area contributed by atoms with Crippen molar-refractivity contribution in [3.8, 4) is 5.75 Å². The van der Waals surface area contributed by atoms with Crippen molar-refractivity contribution < 1.29 is 9.53 Å². The molecule has 27 heavy (non-hydrogen) atoms. The molecule has 0 heterocycles. The fourth-order valence-corrected chi connectivity index (χ4v) is 3.82. The summed E-state index contributed by atoms with van der Waals surface area (Å²) in [5, 5.41) is 5.43. The molecule has 0 saturated heterocycles. The lowest BCUT2D eigenvalue weighted by molar-refractivity contribution is -0.118. The number of rotatable bonds is 6. The summed E-state index contributed by atoms with van der Waals surface area (Å²) >= 11 is 0. The molecule has 0 radical (unpaired) electrons. The Morgan fingerprint density at radius 3 is 2.52 bits per heavy atom. The first-order chi connectivity index (χ1) is 13.2. The van der Waals surface area contributed by atoms with Gasteiger partial charge in [0.1, 0.15) is 5.75 Å². The summed E-state index contributed by atoms with van der Waals surface area (Å²) in [5.41, 5.74) is 4.90. The summed E-state index contributed by atoms with van der Waals surface area (Å²) in [7, 11) is 0. The third-order valence-corrected chi connectivity index (χ3v) is 5.58. The van der Waals surface area contributed by atoms with E-state index in [1.807, 2.05) is 18.2 Å². The molecular weight excluding hydrogens is 334 g/mol. The highest BCUT2D eigenvalue weighted by molar-refractivity contribution is 6.05. The van der Waals surface area contributed by atoms with Gasteiger partial charge in [-0.2, -0.15) is 0 Å². The molecule has 3 aromatic rings. The lowest BCUT2D eigenvalue weighted by Crippen LogP contribution is -2.20. The molecule has 0 aliphatic heterocycles. The van der Waals surface area contributed by atoms with Crippen molar-refractivity contribution in [2.75, 3.05) is 11.9 Å². The number of benzene rings is 3. The molecule has 0 unspecified atom stereocenters. The number of hydrogen-bond donors (Lipinski definition) is 1. The fourth-order valence-electron chi connectivity index (χ4n) is 3.82. The molecule has 0 fully saturated rings. The molecule has 3 nitrogen and oxygen atoms in total. The maximum Gasteiger partial charge on any atom is 0.262 e. The van der Waals surface area contributed by atoms with Gasteiger partial charge >= 0.3 is 0 Å². The Morgan fingerprint density at radius 2 is 1.78 bits per heavy atom. The third kappa shape index (κ3) is 3.55.